The standard InChI is InChI=1S/C16H21ClN2O2/c1-11(12-5-4-6-14(17)9-12)19(3)16(21)13-7-8-18(2)15(20)10-13/h4-6,9,11,13H,7-8,10H2,1-3H3/t11-,13-/m0/s1. The SMILES string of the molecule is C[C@@H](c1cccc(Cl)c1)N(C)C(=O)[C@H]1CCN(C)C(=O)C1. The number of benzene rings is 1. The van der Waals surface area contributed by atoms with Crippen LogP contribution in [0.3, 0.4) is 0 Å². The van der Waals surface area contributed by atoms with Crippen LogP contribution in [0.5, 0.6) is 0 Å². The second kappa shape index (κ2) is 6.48. The number of halogens is 1. The van der Waals surface area contributed by atoms with E-state index in [-0.39, 0.29) is 23.8 Å². The number of rotatable bonds is 3. The second-order valence-electron chi connectivity index (χ2n) is 5.69. The summed E-state index contributed by atoms with van der Waals surface area (Å²) < 4.78 is 0. The first-order chi connectivity index (χ1) is 9.90. The first-order valence-electron chi connectivity index (χ1n) is 7.16. The highest BCUT2D eigenvalue weighted by atomic mass is 35.5. The van der Waals surface area contributed by atoms with Crippen LogP contribution in [0.15, 0.2) is 24.3 Å². The van der Waals surface area contributed by atoms with Crippen LogP contribution in [0.4, 0.5) is 0 Å². The molecule has 2 atom stereocenters. The molecule has 0 spiro atoms. The van der Waals surface area contributed by atoms with Gasteiger partial charge in [-0.2, -0.15) is 0 Å². The van der Waals surface area contributed by atoms with Crippen LogP contribution in [-0.2, 0) is 9.59 Å². The molecular formula is C16H21ClN2O2. The van der Waals surface area contributed by atoms with E-state index in [1.54, 1.807) is 23.9 Å². The third-order valence-electron chi connectivity index (χ3n) is 4.27. The molecule has 114 valence electrons. The van der Waals surface area contributed by atoms with Gasteiger partial charge in [-0.25, -0.2) is 0 Å². The van der Waals surface area contributed by atoms with Gasteiger partial charge in [0.25, 0.3) is 0 Å². The zero-order chi connectivity index (χ0) is 15.6. The van der Waals surface area contributed by atoms with Gasteiger partial charge in [0.2, 0.25) is 11.8 Å². The molecule has 5 heteroatoms. The topological polar surface area (TPSA) is 40.6 Å². The summed E-state index contributed by atoms with van der Waals surface area (Å²) in [7, 11) is 3.57. The number of carbonyl (C=O) groups excluding carboxylic acids is 2. The number of hydrogen-bond acceptors (Lipinski definition) is 2. The van der Waals surface area contributed by atoms with Crippen LogP contribution in [0.25, 0.3) is 0 Å². The molecule has 1 aliphatic heterocycles. The van der Waals surface area contributed by atoms with Gasteiger partial charge in [-0.3, -0.25) is 9.59 Å². The van der Waals surface area contributed by atoms with Crippen molar-refractivity contribution in [1.82, 2.24) is 9.80 Å². The normalized spacial score (nSPS) is 20.3. The van der Waals surface area contributed by atoms with Gasteiger partial charge in [0.05, 0.1) is 6.04 Å². The summed E-state index contributed by atoms with van der Waals surface area (Å²) in [6.07, 6.45) is 1.04. The van der Waals surface area contributed by atoms with Crippen molar-refractivity contribution in [3.63, 3.8) is 0 Å². The van der Waals surface area contributed by atoms with Gasteiger partial charge in [-0.15, -0.1) is 0 Å². The monoisotopic (exact) mass is 308 g/mol. The minimum Gasteiger partial charge on any atom is -0.346 e. The van der Waals surface area contributed by atoms with Crippen LogP contribution >= 0.6 is 11.6 Å². The molecule has 0 aromatic heterocycles. The lowest BCUT2D eigenvalue weighted by atomic mass is 9.94. The summed E-state index contributed by atoms with van der Waals surface area (Å²) in [5.41, 5.74) is 0.998. The Morgan fingerprint density at radius 1 is 1.48 bits per heavy atom. The number of piperidine rings is 1. The molecular weight excluding hydrogens is 288 g/mol. The largest absolute Gasteiger partial charge is 0.346 e. The maximum atomic E-state index is 12.6. The average Bonchev–Trinajstić information content (AvgIpc) is 2.47. The lowest BCUT2D eigenvalue weighted by Gasteiger charge is -2.33. The van der Waals surface area contributed by atoms with E-state index in [2.05, 4.69) is 0 Å². The van der Waals surface area contributed by atoms with Crippen LogP contribution in [-0.4, -0.2) is 42.3 Å². The van der Waals surface area contributed by atoms with Crippen LogP contribution in [0.2, 0.25) is 5.02 Å². The Bertz CT molecular complexity index is 547. The van der Waals surface area contributed by atoms with Crippen molar-refractivity contribution in [2.75, 3.05) is 20.6 Å². The Kier molecular flexibility index (Phi) is 4.88. The molecule has 2 rings (SSSR count). The summed E-state index contributed by atoms with van der Waals surface area (Å²) in [6.45, 7) is 2.62. The Hall–Kier alpha value is -1.55. The van der Waals surface area contributed by atoms with Crippen molar-refractivity contribution in [3.05, 3.63) is 34.9 Å². The minimum absolute atomic E-state index is 0.0314. The predicted octanol–water partition coefficient (Wildman–Crippen LogP) is 2.73. The number of amides is 2. The molecule has 0 saturated carbocycles. The highest BCUT2D eigenvalue weighted by Crippen LogP contribution is 2.26. The fraction of sp³-hybridized carbons (Fsp3) is 0.500. The number of hydrogen-bond donors (Lipinski definition) is 0. The van der Waals surface area contributed by atoms with E-state index in [0.717, 1.165) is 12.0 Å². The van der Waals surface area contributed by atoms with Gasteiger partial charge in [-0.05, 0) is 31.0 Å². The van der Waals surface area contributed by atoms with Crippen molar-refractivity contribution in [3.8, 4) is 0 Å². The molecule has 0 unspecified atom stereocenters. The lowest BCUT2D eigenvalue weighted by Crippen LogP contribution is -2.43. The Labute approximate surface area is 130 Å². The van der Waals surface area contributed by atoms with Gasteiger partial charge in [0, 0.05) is 38.0 Å². The van der Waals surface area contributed by atoms with Crippen molar-refractivity contribution in [2.45, 2.75) is 25.8 Å². The van der Waals surface area contributed by atoms with E-state index in [0.29, 0.717) is 18.0 Å². The fourth-order valence-electron chi connectivity index (χ4n) is 2.62. The summed E-state index contributed by atoms with van der Waals surface area (Å²) in [4.78, 5) is 27.7. The van der Waals surface area contributed by atoms with Gasteiger partial charge in [0.1, 0.15) is 0 Å². The maximum Gasteiger partial charge on any atom is 0.226 e. The van der Waals surface area contributed by atoms with Gasteiger partial charge < -0.3 is 9.80 Å². The van der Waals surface area contributed by atoms with Crippen molar-refractivity contribution < 1.29 is 9.59 Å². The number of carbonyl (C=O) groups is 2. The van der Waals surface area contributed by atoms with Crippen molar-refractivity contribution in [1.29, 1.82) is 0 Å². The third kappa shape index (κ3) is 3.56. The molecule has 1 aliphatic rings. The fourth-order valence-corrected chi connectivity index (χ4v) is 2.82. The molecule has 2 amide bonds. The third-order valence-corrected chi connectivity index (χ3v) is 4.50. The predicted molar refractivity (Wildman–Crippen MR) is 83.0 cm³/mol. The zero-order valence-corrected chi connectivity index (χ0v) is 13.4. The maximum absolute atomic E-state index is 12.6. The highest BCUT2D eigenvalue weighted by Gasteiger charge is 2.32. The van der Waals surface area contributed by atoms with E-state index >= 15 is 0 Å². The molecule has 1 aromatic rings. The summed E-state index contributed by atoms with van der Waals surface area (Å²) in [6, 6.07) is 7.46. The molecule has 0 aliphatic carbocycles. The quantitative estimate of drug-likeness (QED) is 0.861. The molecule has 4 nitrogen and oxygen atoms in total. The van der Waals surface area contributed by atoms with Crippen LogP contribution < -0.4 is 0 Å². The molecule has 1 fully saturated rings. The summed E-state index contributed by atoms with van der Waals surface area (Å²) in [5.74, 6) is -0.132. The van der Waals surface area contributed by atoms with E-state index in [1.165, 1.54) is 0 Å². The Morgan fingerprint density at radius 2 is 2.19 bits per heavy atom. The van der Waals surface area contributed by atoms with Gasteiger partial charge in [-0.1, -0.05) is 23.7 Å². The zero-order valence-electron chi connectivity index (χ0n) is 12.7. The average molecular weight is 309 g/mol. The van der Waals surface area contributed by atoms with Crippen LogP contribution in [0.1, 0.15) is 31.4 Å². The number of nitrogens with zero attached hydrogens (tertiary/aromatic N) is 2. The number of likely N-dealkylation sites (tertiary alicyclic amines) is 1. The minimum atomic E-state index is -0.208. The smallest absolute Gasteiger partial charge is 0.226 e. The first-order valence-corrected chi connectivity index (χ1v) is 7.54. The molecule has 0 radical (unpaired) electrons. The second-order valence-corrected chi connectivity index (χ2v) is 6.12. The van der Waals surface area contributed by atoms with Gasteiger partial charge >= 0.3 is 0 Å². The summed E-state index contributed by atoms with van der Waals surface area (Å²) in [5, 5.41) is 0.662. The van der Waals surface area contributed by atoms with Crippen molar-refractivity contribution in [2.24, 2.45) is 5.92 Å². The van der Waals surface area contributed by atoms with E-state index in [4.69, 9.17) is 11.6 Å². The van der Waals surface area contributed by atoms with E-state index < -0.39 is 0 Å². The highest BCUT2D eigenvalue weighted by molar-refractivity contribution is 6.30. The van der Waals surface area contributed by atoms with E-state index in [1.807, 2.05) is 31.2 Å². The Balaban J connectivity index is 2.07. The van der Waals surface area contributed by atoms with Crippen LogP contribution in [0, 0.1) is 5.92 Å². The molecule has 0 bridgehead atoms. The first kappa shape index (κ1) is 15.8. The molecule has 1 aromatic carbocycles. The molecule has 0 N–H and O–H groups in total. The van der Waals surface area contributed by atoms with E-state index in [9.17, 15) is 9.59 Å². The molecule has 1 saturated heterocycles. The summed E-state index contributed by atoms with van der Waals surface area (Å²) >= 11 is 6.00. The molecule has 21 heavy (non-hydrogen) atoms. The van der Waals surface area contributed by atoms with Crippen molar-refractivity contribution >= 4 is 23.4 Å². The van der Waals surface area contributed by atoms with Gasteiger partial charge in [0.15, 0.2) is 0 Å². The lowest BCUT2D eigenvalue weighted by molar-refractivity contribution is -0.144. The Morgan fingerprint density at radius 3 is 2.81 bits per heavy atom. The molecule has 1 heterocycles.